The van der Waals surface area contributed by atoms with Crippen molar-refractivity contribution in [2.24, 2.45) is 0 Å². The second kappa shape index (κ2) is 8.39. The number of hydrogen-bond acceptors (Lipinski definition) is 5. The topological polar surface area (TPSA) is 77.4 Å². The van der Waals surface area contributed by atoms with Crippen LogP contribution in [-0.4, -0.2) is 28.3 Å². The van der Waals surface area contributed by atoms with Crippen molar-refractivity contribution >= 4 is 39.9 Å². The van der Waals surface area contributed by atoms with E-state index in [0.717, 1.165) is 21.5 Å². The fraction of sp³-hybridized carbons (Fsp3) is 0.286. The molecule has 0 saturated carbocycles. The summed E-state index contributed by atoms with van der Waals surface area (Å²) in [4.78, 5) is 37.3. The van der Waals surface area contributed by atoms with Crippen molar-refractivity contribution in [2.45, 2.75) is 40.0 Å². The number of nitrogens with one attached hydrogen (secondary N) is 1. The van der Waals surface area contributed by atoms with E-state index in [9.17, 15) is 14.4 Å². The third-order valence-corrected chi connectivity index (χ3v) is 5.50. The standard InChI is InChI=1S/C21H22N2O4S/c1-13-10-16-6-4-5-7-18(16)23(13)12-20(25)27-14(2)21(26)19-9-8-17(28-19)11-22-15(3)24/h4-10,14H,11-12H2,1-3H3,(H,22,24). The number of ether oxygens (including phenoxy) is 1. The minimum Gasteiger partial charge on any atom is -0.453 e. The zero-order valence-electron chi connectivity index (χ0n) is 16.0. The van der Waals surface area contributed by atoms with Gasteiger partial charge in [0.1, 0.15) is 6.54 Å². The van der Waals surface area contributed by atoms with E-state index in [1.165, 1.54) is 18.3 Å². The van der Waals surface area contributed by atoms with E-state index in [1.807, 2.05) is 41.8 Å². The zero-order valence-corrected chi connectivity index (χ0v) is 16.8. The molecule has 1 amide bonds. The summed E-state index contributed by atoms with van der Waals surface area (Å²) < 4.78 is 7.26. The van der Waals surface area contributed by atoms with Gasteiger partial charge in [0.2, 0.25) is 11.7 Å². The van der Waals surface area contributed by atoms with Gasteiger partial charge in [-0.2, -0.15) is 0 Å². The summed E-state index contributed by atoms with van der Waals surface area (Å²) in [5.41, 5.74) is 1.91. The Labute approximate surface area is 167 Å². The molecule has 1 atom stereocenters. The minimum absolute atomic E-state index is 0.0508. The maximum atomic E-state index is 12.6. The second-order valence-electron chi connectivity index (χ2n) is 6.60. The molecule has 0 aliphatic heterocycles. The second-order valence-corrected chi connectivity index (χ2v) is 7.77. The van der Waals surface area contributed by atoms with E-state index in [4.69, 9.17) is 4.74 Å². The lowest BCUT2D eigenvalue weighted by Crippen LogP contribution is -2.26. The SMILES string of the molecule is CC(=O)NCc1ccc(C(=O)C(C)OC(=O)Cn2c(C)cc3ccccc32)s1. The Hall–Kier alpha value is -2.93. The number of hydrogen-bond donors (Lipinski definition) is 1. The number of esters is 1. The predicted octanol–water partition coefficient (Wildman–Crippen LogP) is 3.46. The molecule has 0 fully saturated rings. The van der Waals surface area contributed by atoms with Crippen LogP contribution >= 0.6 is 11.3 Å². The number of fused-ring (bicyclic) bond motifs is 1. The molecule has 0 spiro atoms. The lowest BCUT2D eigenvalue weighted by Gasteiger charge is -2.13. The number of rotatable bonds is 7. The molecule has 0 radical (unpaired) electrons. The van der Waals surface area contributed by atoms with E-state index in [0.29, 0.717) is 11.4 Å². The van der Waals surface area contributed by atoms with Crippen LogP contribution in [0.1, 0.15) is 34.1 Å². The predicted molar refractivity (Wildman–Crippen MR) is 108 cm³/mol. The fourth-order valence-corrected chi connectivity index (χ4v) is 3.96. The third kappa shape index (κ3) is 4.48. The smallest absolute Gasteiger partial charge is 0.326 e. The molecule has 0 aliphatic rings. The van der Waals surface area contributed by atoms with Gasteiger partial charge in [0.25, 0.3) is 0 Å². The zero-order chi connectivity index (χ0) is 20.3. The Morgan fingerprint density at radius 1 is 1.18 bits per heavy atom. The van der Waals surface area contributed by atoms with Crippen LogP contribution in [0.4, 0.5) is 0 Å². The number of ketones is 1. The van der Waals surface area contributed by atoms with Crippen molar-refractivity contribution < 1.29 is 19.1 Å². The first-order chi connectivity index (χ1) is 13.3. The van der Waals surface area contributed by atoms with Gasteiger partial charge >= 0.3 is 5.97 Å². The highest BCUT2D eigenvalue weighted by molar-refractivity contribution is 7.14. The number of aromatic nitrogens is 1. The average Bonchev–Trinajstić information content (AvgIpc) is 3.24. The van der Waals surface area contributed by atoms with Crippen LogP contribution in [0.15, 0.2) is 42.5 Å². The molecule has 2 heterocycles. The van der Waals surface area contributed by atoms with Crippen molar-refractivity contribution in [3.63, 3.8) is 0 Å². The molecule has 3 aromatic rings. The number of aryl methyl sites for hydroxylation is 1. The molecule has 0 bridgehead atoms. The highest BCUT2D eigenvalue weighted by Crippen LogP contribution is 2.21. The summed E-state index contributed by atoms with van der Waals surface area (Å²) in [6, 6.07) is 13.3. The Morgan fingerprint density at radius 3 is 2.68 bits per heavy atom. The van der Waals surface area contributed by atoms with Gasteiger partial charge in [0.15, 0.2) is 6.10 Å². The highest BCUT2D eigenvalue weighted by Gasteiger charge is 2.22. The molecule has 28 heavy (non-hydrogen) atoms. The van der Waals surface area contributed by atoms with Gasteiger partial charge in [-0.05, 0) is 43.5 Å². The van der Waals surface area contributed by atoms with Crippen LogP contribution in [0.2, 0.25) is 0 Å². The fourth-order valence-electron chi connectivity index (χ4n) is 2.99. The Bertz CT molecular complexity index is 1030. The van der Waals surface area contributed by atoms with Crippen molar-refractivity contribution in [3.8, 4) is 0 Å². The Morgan fingerprint density at radius 2 is 1.93 bits per heavy atom. The number of para-hydroxylation sites is 1. The number of thiophene rings is 1. The molecule has 0 saturated heterocycles. The number of benzene rings is 1. The maximum absolute atomic E-state index is 12.6. The van der Waals surface area contributed by atoms with E-state index in [1.54, 1.807) is 19.1 Å². The van der Waals surface area contributed by atoms with E-state index in [-0.39, 0.29) is 18.2 Å². The lowest BCUT2D eigenvalue weighted by molar-refractivity contribution is -0.147. The minimum atomic E-state index is -0.873. The number of nitrogens with zero attached hydrogens (tertiary/aromatic N) is 1. The van der Waals surface area contributed by atoms with E-state index >= 15 is 0 Å². The molecule has 1 N–H and O–H groups in total. The van der Waals surface area contributed by atoms with E-state index in [2.05, 4.69) is 5.32 Å². The van der Waals surface area contributed by atoms with Gasteiger partial charge in [-0.1, -0.05) is 18.2 Å². The van der Waals surface area contributed by atoms with Gasteiger partial charge in [-0.3, -0.25) is 14.4 Å². The number of carbonyl (C=O) groups is 3. The van der Waals surface area contributed by atoms with Crippen LogP contribution in [0, 0.1) is 6.92 Å². The first-order valence-electron chi connectivity index (χ1n) is 8.97. The first kappa shape index (κ1) is 19.8. The molecular weight excluding hydrogens is 376 g/mol. The molecule has 1 unspecified atom stereocenters. The molecule has 1 aromatic carbocycles. The average molecular weight is 398 g/mol. The lowest BCUT2D eigenvalue weighted by atomic mass is 10.2. The van der Waals surface area contributed by atoms with Crippen LogP contribution in [0.25, 0.3) is 10.9 Å². The molecular formula is C21H22N2O4S. The third-order valence-electron chi connectivity index (χ3n) is 4.40. The summed E-state index contributed by atoms with van der Waals surface area (Å²) >= 11 is 1.29. The van der Waals surface area contributed by atoms with Crippen LogP contribution < -0.4 is 5.32 Å². The van der Waals surface area contributed by atoms with Crippen molar-refractivity contribution in [1.29, 1.82) is 0 Å². The van der Waals surface area contributed by atoms with Gasteiger partial charge < -0.3 is 14.6 Å². The van der Waals surface area contributed by atoms with Crippen LogP contribution in [0.3, 0.4) is 0 Å². The molecule has 146 valence electrons. The normalized spacial score (nSPS) is 12.0. The summed E-state index contributed by atoms with van der Waals surface area (Å²) in [6.45, 7) is 5.38. The highest BCUT2D eigenvalue weighted by atomic mass is 32.1. The van der Waals surface area contributed by atoms with E-state index < -0.39 is 12.1 Å². The van der Waals surface area contributed by atoms with Gasteiger partial charge in [0.05, 0.1) is 11.4 Å². The largest absolute Gasteiger partial charge is 0.453 e. The van der Waals surface area contributed by atoms with Crippen LogP contribution in [0.5, 0.6) is 0 Å². The molecule has 0 aliphatic carbocycles. The molecule has 2 aromatic heterocycles. The number of Topliss-reactive ketones (excluding diaryl/α,β-unsaturated/α-hetero) is 1. The van der Waals surface area contributed by atoms with Crippen molar-refractivity contribution in [1.82, 2.24) is 9.88 Å². The summed E-state index contributed by atoms with van der Waals surface area (Å²) in [6.07, 6.45) is -0.873. The Balaban J connectivity index is 1.63. The van der Waals surface area contributed by atoms with Gasteiger partial charge in [-0.15, -0.1) is 11.3 Å². The van der Waals surface area contributed by atoms with Gasteiger partial charge in [0, 0.05) is 23.0 Å². The van der Waals surface area contributed by atoms with Crippen molar-refractivity contribution in [2.75, 3.05) is 0 Å². The maximum Gasteiger partial charge on any atom is 0.326 e. The number of amides is 1. The summed E-state index contributed by atoms with van der Waals surface area (Å²) in [5, 5.41) is 3.75. The van der Waals surface area contributed by atoms with Gasteiger partial charge in [-0.25, -0.2) is 0 Å². The number of carbonyl (C=O) groups excluding carboxylic acids is 3. The molecule has 3 rings (SSSR count). The first-order valence-corrected chi connectivity index (χ1v) is 9.78. The molecule has 6 nitrogen and oxygen atoms in total. The Kier molecular flexibility index (Phi) is 5.94. The monoisotopic (exact) mass is 398 g/mol. The van der Waals surface area contributed by atoms with Crippen LogP contribution in [-0.2, 0) is 27.4 Å². The molecule has 7 heteroatoms. The van der Waals surface area contributed by atoms with Crippen molar-refractivity contribution in [3.05, 3.63) is 57.9 Å². The summed E-state index contributed by atoms with van der Waals surface area (Å²) in [5.74, 6) is -0.835. The summed E-state index contributed by atoms with van der Waals surface area (Å²) in [7, 11) is 0. The quantitative estimate of drug-likeness (QED) is 0.488.